The molecular weight excluding hydrogens is 485 g/mol. The second kappa shape index (κ2) is 8.83. The molecule has 2 aromatic heterocycles. The number of aryl methyl sites for hydroxylation is 1. The molecule has 1 fully saturated rings. The van der Waals surface area contributed by atoms with Crippen LogP contribution in [0, 0.1) is 12.7 Å². The van der Waals surface area contributed by atoms with Crippen molar-refractivity contribution in [2.24, 2.45) is 5.73 Å². The van der Waals surface area contributed by atoms with Gasteiger partial charge in [0.25, 0.3) is 11.8 Å². The molecule has 1 aliphatic rings. The van der Waals surface area contributed by atoms with Gasteiger partial charge < -0.3 is 11.1 Å². The summed E-state index contributed by atoms with van der Waals surface area (Å²) in [7, 11) is -3.22. The molecule has 1 atom stereocenters. The van der Waals surface area contributed by atoms with E-state index in [1.54, 1.807) is 43.3 Å². The minimum atomic E-state index is -3.22. The Kier molecular flexibility index (Phi) is 5.79. The molecule has 0 saturated carbocycles. The van der Waals surface area contributed by atoms with Crippen molar-refractivity contribution in [1.29, 1.82) is 0 Å². The standard InChI is InChI=1S/C25H22FN5O4S/c1-14-22-18(25(33)29-20-9-5-3-7-17(20)23(27)32)12-21(16-6-2-4-8-19(16)26)28-24(22)31(30-14)15-10-11-36(34,35)13-15/h2-9,12,15H,10-11,13H2,1H3,(H2,27,32)(H,29,33). The number of carbonyl (C=O) groups is 2. The summed E-state index contributed by atoms with van der Waals surface area (Å²) >= 11 is 0. The quantitative estimate of drug-likeness (QED) is 0.425. The summed E-state index contributed by atoms with van der Waals surface area (Å²) in [5.74, 6) is -1.87. The van der Waals surface area contributed by atoms with Crippen LogP contribution < -0.4 is 11.1 Å². The van der Waals surface area contributed by atoms with Crippen LogP contribution in [0.4, 0.5) is 10.1 Å². The second-order valence-corrected chi connectivity index (χ2v) is 10.9. The maximum Gasteiger partial charge on any atom is 0.256 e. The summed E-state index contributed by atoms with van der Waals surface area (Å²) in [5.41, 5.74) is 7.08. The zero-order valence-electron chi connectivity index (χ0n) is 19.2. The number of pyridine rings is 1. The van der Waals surface area contributed by atoms with Crippen LogP contribution in [0.25, 0.3) is 22.3 Å². The van der Waals surface area contributed by atoms with Gasteiger partial charge in [0.15, 0.2) is 15.5 Å². The number of nitrogens with zero attached hydrogens (tertiary/aromatic N) is 3. The Morgan fingerprint density at radius 3 is 2.53 bits per heavy atom. The SMILES string of the molecule is Cc1nn(C2CCS(=O)(=O)C2)c2nc(-c3ccccc3F)cc(C(=O)Nc3ccccc3C(N)=O)c12. The lowest BCUT2D eigenvalue weighted by atomic mass is 10.0. The topological polar surface area (TPSA) is 137 Å². The fourth-order valence-electron chi connectivity index (χ4n) is 4.52. The number of rotatable bonds is 5. The van der Waals surface area contributed by atoms with E-state index in [-0.39, 0.29) is 45.2 Å². The summed E-state index contributed by atoms with van der Waals surface area (Å²) in [5, 5.41) is 7.66. The fourth-order valence-corrected chi connectivity index (χ4v) is 6.21. The lowest BCUT2D eigenvalue weighted by molar-refractivity contribution is 0.100. The van der Waals surface area contributed by atoms with E-state index in [1.165, 1.54) is 22.9 Å². The molecule has 36 heavy (non-hydrogen) atoms. The molecule has 0 spiro atoms. The molecule has 0 bridgehead atoms. The predicted molar refractivity (Wildman–Crippen MR) is 133 cm³/mol. The number of hydrogen-bond acceptors (Lipinski definition) is 6. The van der Waals surface area contributed by atoms with E-state index >= 15 is 0 Å². The van der Waals surface area contributed by atoms with Gasteiger partial charge in [0, 0.05) is 5.56 Å². The number of amides is 2. The molecule has 3 N–H and O–H groups in total. The molecule has 5 rings (SSSR count). The van der Waals surface area contributed by atoms with E-state index in [4.69, 9.17) is 5.73 Å². The van der Waals surface area contributed by atoms with Gasteiger partial charge >= 0.3 is 0 Å². The number of sulfone groups is 1. The predicted octanol–water partition coefficient (Wildman–Crippen LogP) is 3.26. The van der Waals surface area contributed by atoms with Gasteiger partial charge in [0.2, 0.25) is 0 Å². The van der Waals surface area contributed by atoms with Crippen LogP contribution in [-0.4, -0.2) is 46.5 Å². The van der Waals surface area contributed by atoms with E-state index in [9.17, 15) is 22.4 Å². The summed E-state index contributed by atoms with van der Waals surface area (Å²) in [6.45, 7) is 1.70. The van der Waals surface area contributed by atoms with Gasteiger partial charge in [-0.05, 0) is 43.7 Å². The highest BCUT2D eigenvalue weighted by molar-refractivity contribution is 7.91. The molecule has 9 nitrogen and oxygen atoms in total. The maximum atomic E-state index is 14.7. The van der Waals surface area contributed by atoms with Crippen LogP contribution in [-0.2, 0) is 9.84 Å². The molecular formula is C25H22FN5O4S. The number of fused-ring (bicyclic) bond motifs is 1. The maximum absolute atomic E-state index is 14.7. The van der Waals surface area contributed by atoms with E-state index in [2.05, 4.69) is 15.4 Å². The van der Waals surface area contributed by atoms with Gasteiger partial charge in [-0.1, -0.05) is 24.3 Å². The molecule has 184 valence electrons. The first-order chi connectivity index (χ1) is 17.1. The number of benzene rings is 2. The van der Waals surface area contributed by atoms with Crippen LogP contribution >= 0.6 is 0 Å². The highest BCUT2D eigenvalue weighted by atomic mass is 32.2. The van der Waals surface area contributed by atoms with E-state index in [1.807, 2.05) is 0 Å². The molecule has 2 aromatic carbocycles. The number of aromatic nitrogens is 3. The lowest BCUT2D eigenvalue weighted by Gasteiger charge is -2.13. The Hall–Kier alpha value is -4.12. The first kappa shape index (κ1) is 23.6. The van der Waals surface area contributed by atoms with E-state index < -0.39 is 33.5 Å². The van der Waals surface area contributed by atoms with Crippen molar-refractivity contribution in [3.05, 3.63) is 77.2 Å². The Morgan fingerprint density at radius 2 is 1.83 bits per heavy atom. The normalized spacial score (nSPS) is 16.8. The fraction of sp³-hybridized carbons (Fsp3) is 0.200. The Labute approximate surface area is 206 Å². The molecule has 1 unspecified atom stereocenters. The van der Waals surface area contributed by atoms with Gasteiger partial charge in [0.05, 0.1) is 51.1 Å². The van der Waals surface area contributed by atoms with Crippen LogP contribution in [0.5, 0.6) is 0 Å². The van der Waals surface area contributed by atoms with Gasteiger partial charge in [-0.3, -0.25) is 9.59 Å². The molecule has 1 aliphatic heterocycles. The first-order valence-corrected chi connectivity index (χ1v) is 13.0. The van der Waals surface area contributed by atoms with Gasteiger partial charge in [-0.25, -0.2) is 22.5 Å². The zero-order chi connectivity index (χ0) is 25.6. The lowest BCUT2D eigenvalue weighted by Crippen LogP contribution is -2.19. The summed E-state index contributed by atoms with van der Waals surface area (Å²) < 4.78 is 40.5. The molecule has 0 aliphatic carbocycles. The molecule has 3 heterocycles. The van der Waals surface area contributed by atoms with Gasteiger partial charge in [0.1, 0.15) is 5.82 Å². The van der Waals surface area contributed by atoms with Crippen molar-refractivity contribution in [2.45, 2.75) is 19.4 Å². The van der Waals surface area contributed by atoms with Crippen LogP contribution in [0.3, 0.4) is 0 Å². The Balaban J connectivity index is 1.70. The minimum absolute atomic E-state index is 0.0301. The van der Waals surface area contributed by atoms with Crippen molar-refractivity contribution in [1.82, 2.24) is 14.8 Å². The summed E-state index contributed by atoms with van der Waals surface area (Å²) in [6, 6.07) is 13.4. The third kappa shape index (κ3) is 4.22. The van der Waals surface area contributed by atoms with E-state index in [0.717, 1.165) is 0 Å². The van der Waals surface area contributed by atoms with Crippen molar-refractivity contribution < 1.29 is 22.4 Å². The number of para-hydroxylation sites is 1. The van der Waals surface area contributed by atoms with Crippen molar-refractivity contribution in [2.75, 3.05) is 16.8 Å². The molecule has 1 saturated heterocycles. The third-order valence-corrected chi connectivity index (χ3v) is 7.98. The van der Waals surface area contributed by atoms with Gasteiger partial charge in [-0.2, -0.15) is 5.10 Å². The number of nitrogens with one attached hydrogen (secondary N) is 1. The number of nitrogens with two attached hydrogens (primary N) is 1. The molecule has 4 aromatic rings. The number of hydrogen-bond donors (Lipinski definition) is 2. The van der Waals surface area contributed by atoms with Crippen LogP contribution in [0.15, 0.2) is 54.6 Å². The molecule has 11 heteroatoms. The Bertz CT molecular complexity index is 1650. The summed E-state index contributed by atoms with van der Waals surface area (Å²) in [4.78, 5) is 30.0. The van der Waals surface area contributed by atoms with Crippen LogP contribution in [0.1, 0.15) is 38.9 Å². The third-order valence-electron chi connectivity index (χ3n) is 6.23. The van der Waals surface area contributed by atoms with Gasteiger partial charge in [-0.15, -0.1) is 0 Å². The number of carbonyl (C=O) groups excluding carboxylic acids is 2. The highest BCUT2D eigenvalue weighted by Crippen LogP contribution is 2.33. The second-order valence-electron chi connectivity index (χ2n) is 8.68. The number of anilines is 1. The zero-order valence-corrected chi connectivity index (χ0v) is 20.0. The highest BCUT2D eigenvalue weighted by Gasteiger charge is 2.32. The minimum Gasteiger partial charge on any atom is -0.366 e. The largest absolute Gasteiger partial charge is 0.366 e. The smallest absolute Gasteiger partial charge is 0.256 e. The van der Waals surface area contributed by atoms with Crippen LogP contribution in [0.2, 0.25) is 0 Å². The average Bonchev–Trinajstić information content (AvgIpc) is 3.37. The number of primary amides is 1. The average molecular weight is 508 g/mol. The van der Waals surface area contributed by atoms with E-state index in [0.29, 0.717) is 17.5 Å². The summed E-state index contributed by atoms with van der Waals surface area (Å²) in [6.07, 6.45) is 0.359. The number of halogens is 1. The Morgan fingerprint density at radius 1 is 1.11 bits per heavy atom. The molecule has 2 amide bonds. The van der Waals surface area contributed by atoms with Crippen molar-refractivity contribution in [3.8, 4) is 11.3 Å². The first-order valence-electron chi connectivity index (χ1n) is 11.2. The van der Waals surface area contributed by atoms with Crippen molar-refractivity contribution >= 4 is 38.4 Å². The van der Waals surface area contributed by atoms with Crippen molar-refractivity contribution in [3.63, 3.8) is 0 Å². The monoisotopic (exact) mass is 507 g/mol. The molecule has 0 radical (unpaired) electrons.